The average Bonchev–Trinajstić information content (AvgIpc) is 1.85. The van der Waals surface area contributed by atoms with Gasteiger partial charge in [-0.25, -0.2) is 4.79 Å². The highest BCUT2D eigenvalue weighted by atomic mass is 16.8. The van der Waals surface area contributed by atoms with Crippen LogP contribution in [0.3, 0.4) is 0 Å². The van der Waals surface area contributed by atoms with Crippen molar-refractivity contribution >= 4 is 6.16 Å². The fourth-order valence-corrected chi connectivity index (χ4v) is 0.308. The minimum atomic E-state index is -0.965. The maximum absolute atomic E-state index is 10.4. The van der Waals surface area contributed by atoms with Crippen molar-refractivity contribution in [3.8, 4) is 0 Å². The zero-order valence-electron chi connectivity index (χ0n) is 6.96. The molecular formula is C6H14N2O3. The molecular weight excluding hydrogens is 148 g/mol. The molecule has 5 heteroatoms. The zero-order chi connectivity index (χ0) is 9.07. The van der Waals surface area contributed by atoms with Gasteiger partial charge < -0.3 is 9.57 Å². The van der Waals surface area contributed by atoms with Gasteiger partial charge in [-0.2, -0.15) is 5.90 Å². The Bertz CT molecular complexity index is 141. The number of hydrogen-bond acceptors (Lipinski definition) is 5. The molecule has 0 aliphatic heterocycles. The van der Waals surface area contributed by atoms with Crippen LogP contribution in [0, 0.1) is 5.41 Å². The molecule has 0 radical (unpaired) electrons. The molecule has 11 heavy (non-hydrogen) atoms. The van der Waals surface area contributed by atoms with Gasteiger partial charge in [0.2, 0.25) is 0 Å². The molecule has 0 aromatic carbocycles. The largest absolute Gasteiger partial charge is 0.529 e. The Morgan fingerprint density at radius 2 is 1.91 bits per heavy atom. The van der Waals surface area contributed by atoms with Crippen molar-refractivity contribution in [1.29, 1.82) is 0 Å². The summed E-state index contributed by atoms with van der Waals surface area (Å²) in [6.07, 6.45) is -1.68. The fraction of sp³-hybridized carbons (Fsp3) is 0.833. The predicted octanol–water partition coefficient (Wildman–Crippen LogP) is 0.344. The summed E-state index contributed by atoms with van der Waals surface area (Å²) in [6, 6.07) is 0. The molecule has 0 saturated heterocycles. The SMILES string of the molecule is CC(C)(C)C(N)OC(=O)ON. The smallest absolute Gasteiger partial charge is 0.414 e. The Hall–Kier alpha value is -0.810. The van der Waals surface area contributed by atoms with Crippen molar-refractivity contribution in [3.05, 3.63) is 0 Å². The van der Waals surface area contributed by atoms with E-state index in [0.717, 1.165) is 0 Å². The Kier molecular flexibility index (Phi) is 3.28. The van der Waals surface area contributed by atoms with Gasteiger partial charge in [-0.15, -0.1) is 0 Å². The lowest BCUT2D eigenvalue weighted by molar-refractivity contribution is -0.0145. The molecule has 0 aromatic rings. The summed E-state index contributed by atoms with van der Waals surface area (Å²) in [7, 11) is 0. The van der Waals surface area contributed by atoms with Crippen LogP contribution in [0.2, 0.25) is 0 Å². The standard InChI is InChI=1S/C6H14N2O3/c1-6(2,3)4(7)10-5(9)11-8/h4H,7-8H2,1-3H3. The van der Waals surface area contributed by atoms with Gasteiger partial charge in [-0.1, -0.05) is 20.8 Å². The minimum Gasteiger partial charge on any atom is -0.414 e. The second kappa shape index (κ2) is 3.54. The van der Waals surface area contributed by atoms with Crippen LogP contribution < -0.4 is 11.6 Å². The highest BCUT2D eigenvalue weighted by Crippen LogP contribution is 2.18. The number of carbonyl (C=O) groups excluding carboxylic acids is 1. The Morgan fingerprint density at radius 1 is 1.45 bits per heavy atom. The maximum atomic E-state index is 10.4. The highest BCUT2D eigenvalue weighted by molar-refractivity contribution is 5.59. The van der Waals surface area contributed by atoms with Crippen LogP contribution in [-0.2, 0) is 9.57 Å². The molecule has 0 heterocycles. The molecule has 0 saturated carbocycles. The van der Waals surface area contributed by atoms with Crippen LogP contribution in [0.25, 0.3) is 0 Å². The Morgan fingerprint density at radius 3 is 2.18 bits per heavy atom. The first-order valence-corrected chi connectivity index (χ1v) is 3.21. The number of hydrogen-bond donors (Lipinski definition) is 2. The summed E-state index contributed by atoms with van der Waals surface area (Å²) >= 11 is 0. The molecule has 5 nitrogen and oxygen atoms in total. The quantitative estimate of drug-likeness (QED) is 0.330. The normalized spacial score (nSPS) is 13.9. The van der Waals surface area contributed by atoms with Crippen LogP contribution in [-0.4, -0.2) is 12.4 Å². The van der Waals surface area contributed by atoms with Crippen molar-refractivity contribution in [1.82, 2.24) is 0 Å². The molecule has 0 bridgehead atoms. The summed E-state index contributed by atoms with van der Waals surface area (Å²) in [4.78, 5) is 14.2. The van der Waals surface area contributed by atoms with E-state index in [2.05, 4.69) is 15.5 Å². The van der Waals surface area contributed by atoms with Crippen LogP contribution in [0.5, 0.6) is 0 Å². The van der Waals surface area contributed by atoms with E-state index in [-0.39, 0.29) is 5.41 Å². The fourth-order valence-electron chi connectivity index (χ4n) is 0.308. The first-order chi connectivity index (χ1) is 4.88. The molecule has 0 amide bonds. The highest BCUT2D eigenvalue weighted by Gasteiger charge is 2.24. The van der Waals surface area contributed by atoms with Gasteiger partial charge in [0.1, 0.15) is 0 Å². The molecule has 0 aliphatic carbocycles. The van der Waals surface area contributed by atoms with Crippen molar-refractivity contribution in [3.63, 3.8) is 0 Å². The average molecular weight is 162 g/mol. The van der Waals surface area contributed by atoms with Crippen molar-refractivity contribution in [2.24, 2.45) is 17.0 Å². The third-order valence-corrected chi connectivity index (χ3v) is 1.17. The van der Waals surface area contributed by atoms with Gasteiger partial charge in [-0.3, -0.25) is 5.73 Å². The Balaban J connectivity index is 3.87. The van der Waals surface area contributed by atoms with E-state index in [9.17, 15) is 4.79 Å². The summed E-state index contributed by atoms with van der Waals surface area (Å²) < 4.78 is 4.56. The van der Waals surface area contributed by atoms with E-state index in [1.807, 2.05) is 20.8 Å². The maximum Gasteiger partial charge on any atom is 0.529 e. The van der Waals surface area contributed by atoms with Crippen molar-refractivity contribution < 1.29 is 14.4 Å². The van der Waals surface area contributed by atoms with E-state index in [1.165, 1.54) is 0 Å². The van der Waals surface area contributed by atoms with Crippen LogP contribution in [0.15, 0.2) is 0 Å². The van der Waals surface area contributed by atoms with Crippen molar-refractivity contribution in [2.45, 2.75) is 27.0 Å². The number of carbonyl (C=O) groups is 1. The number of rotatable bonds is 1. The predicted molar refractivity (Wildman–Crippen MR) is 39.2 cm³/mol. The summed E-state index contributed by atoms with van der Waals surface area (Å²) in [5.41, 5.74) is 5.14. The van der Waals surface area contributed by atoms with E-state index in [1.54, 1.807) is 0 Å². The Labute approximate surface area is 65.6 Å². The summed E-state index contributed by atoms with van der Waals surface area (Å²) in [5.74, 6) is 4.53. The molecule has 1 unspecified atom stereocenters. The molecule has 0 fully saturated rings. The van der Waals surface area contributed by atoms with Gasteiger partial charge in [0, 0.05) is 5.41 Å². The molecule has 0 aromatic heterocycles. The second-order valence-electron chi connectivity index (χ2n) is 3.27. The third kappa shape index (κ3) is 3.79. The van der Waals surface area contributed by atoms with Gasteiger partial charge in [-0.05, 0) is 0 Å². The lowest BCUT2D eigenvalue weighted by Gasteiger charge is -2.25. The van der Waals surface area contributed by atoms with Gasteiger partial charge in [0.05, 0.1) is 0 Å². The third-order valence-electron chi connectivity index (χ3n) is 1.17. The zero-order valence-corrected chi connectivity index (χ0v) is 6.96. The van der Waals surface area contributed by atoms with Crippen molar-refractivity contribution in [2.75, 3.05) is 0 Å². The van der Waals surface area contributed by atoms with E-state index < -0.39 is 12.4 Å². The molecule has 66 valence electrons. The molecule has 1 atom stereocenters. The first kappa shape index (κ1) is 10.2. The first-order valence-electron chi connectivity index (χ1n) is 3.21. The lowest BCUT2D eigenvalue weighted by atomic mass is 9.95. The van der Waals surface area contributed by atoms with Gasteiger partial charge in [0.25, 0.3) is 0 Å². The molecule has 4 N–H and O–H groups in total. The van der Waals surface area contributed by atoms with Crippen LogP contribution >= 0.6 is 0 Å². The monoisotopic (exact) mass is 162 g/mol. The van der Waals surface area contributed by atoms with Gasteiger partial charge in [0.15, 0.2) is 6.23 Å². The molecule has 0 aliphatic rings. The molecule has 0 rings (SSSR count). The molecule has 0 spiro atoms. The minimum absolute atomic E-state index is 0.311. The lowest BCUT2D eigenvalue weighted by Crippen LogP contribution is -2.39. The van der Waals surface area contributed by atoms with E-state index in [0.29, 0.717) is 0 Å². The second-order valence-corrected chi connectivity index (χ2v) is 3.27. The van der Waals surface area contributed by atoms with Gasteiger partial charge >= 0.3 is 6.16 Å². The van der Waals surface area contributed by atoms with Crippen LogP contribution in [0.4, 0.5) is 4.79 Å². The van der Waals surface area contributed by atoms with E-state index >= 15 is 0 Å². The summed E-state index contributed by atoms with van der Waals surface area (Å²) in [5, 5.41) is 0. The van der Waals surface area contributed by atoms with E-state index in [4.69, 9.17) is 5.73 Å². The summed E-state index contributed by atoms with van der Waals surface area (Å²) in [6.45, 7) is 5.50. The topological polar surface area (TPSA) is 87.6 Å². The number of nitrogens with two attached hydrogens (primary N) is 2. The van der Waals surface area contributed by atoms with Crippen LogP contribution in [0.1, 0.15) is 20.8 Å². The number of ether oxygens (including phenoxy) is 1.